The number of thiophene rings is 1. The van der Waals surface area contributed by atoms with Crippen molar-refractivity contribution < 1.29 is 9.32 Å². The second-order valence-corrected chi connectivity index (χ2v) is 8.98. The van der Waals surface area contributed by atoms with E-state index in [0.717, 1.165) is 41.9 Å². The summed E-state index contributed by atoms with van der Waals surface area (Å²) in [4.78, 5) is 24.2. The Morgan fingerprint density at radius 1 is 1.21 bits per heavy atom. The van der Waals surface area contributed by atoms with E-state index in [1.165, 1.54) is 4.70 Å². The van der Waals surface area contributed by atoms with Gasteiger partial charge in [-0.3, -0.25) is 4.79 Å². The molecular formula is C21H20N4O2S2. The molecule has 1 atom stereocenters. The van der Waals surface area contributed by atoms with E-state index in [0.29, 0.717) is 24.6 Å². The predicted octanol–water partition coefficient (Wildman–Crippen LogP) is 5.09. The number of aryl methyl sites for hydroxylation is 1. The zero-order valence-electron chi connectivity index (χ0n) is 15.8. The Morgan fingerprint density at radius 2 is 2.14 bits per heavy atom. The molecule has 4 heterocycles. The molecule has 1 aliphatic heterocycles. The maximum atomic E-state index is 13.0. The summed E-state index contributed by atoms with van der Waals surface area (Å²) in [6, 6.07) is 10.2. The molecule has 8 heteroatoms. The molecule has 4 aromatic rings. The van der Waals surface area contributed by atoms with Crippen LogP contribution in [0.25, 0.3) is 21.6 Å². The van der Waals surface area contributed by atoms with Crippen molar-refractivity contribution in [2.75, 3.05) is 6.54 Å². The second kappa shape index (κ2) is 8.04. The number of fused-ring (bicyclic) bond motifs is 1. The van der Waals surface area contributed by atoms with Gasteiger partial charge in [0.2, 0.25) is 17.6 Å². The van der Waals surface area contributed by atoms with Crippen molar-refractivity contribution >= 4 is 38.8 Å². The van der Waals surface area contributed by atoms with E-state index in [4.69, 9.17) is 9.51 Å². The number of nitrogens with zero attached hydrogens (tertiary/aromatic N) is 4. The van der Waals surface area contributed by atoms with Gasteiger partial charge in [-0.15, -0.1) is 11.3 Å². The van der Waals surface area contributed by atoms with E-state index >= 15 is 0 Å². The molecule has 5 rings (SSSR count). The van der Waals surface area contributed by atoms with E-state index < -0.39 is 0 Å². The maximum absolute atomic E-state index is 13.0. The maximum Gasteiger partial charge on any atom is 0.227 e. The van der Waals surface area contributed by atoms with Crippen molar-refractivity contribution in [3.05, 3.63) is 52.0 Å². The Kier molecular flexibility index (Phi) is 5.12. The summed E-state index contributed by atoms with van der Waals surface area (Å²) in [5.74, 6) is 1.22. The van der Waals surface area contributed by atoms with E-state index in [-0.39, 0.29) is 11.9 Å². The lowest BCUT2D eigenvalue weighted by atomic mass is 10.0. The van der Waals surface area contributed by atoms with Crippen molar-refractivity contribution in [1.82, 2.24) is 20.0 Å². The topological polar surface area (TPSA) is 72.1 Å². The Balaban J connectivity index is 1.28. The molecule has 1 saturated heterocycles. The largest absolute Gasteiger partial charge is 0.339 e. The lowest BCUT2D eigenvalue weighted by Gasteiger charge is -2.34. The van der Waals surface area contributed by atoms with Crippen LogP contribution in [0.4, 0.5) is 0 Å². The van der Waals surface area contributed by atoms with Crippen LogP contribution in [0, 0.1) is 0 Å². The highest BCUT2D eigenvalue weighted by Crippen LogP contribution is 2.36. The quantitative estimate of drug-likeness (QED) is 0.446. The van der Waals surface area contributed by atoms with Gasteiger partial charge in [-0.05, 0) is 42.8 Å². The first-order valence-corrected chi connectivity index (χ1v) is 11.5. The molecule has 1 fully saturated rings. The number of hydrogen-bond donors (Lipinski definition) is 0. The van der Waals surface area contributed by atoms with Crippen molar-refractivity contribution in [3.63, 3.8) is 0 Å². The van der Waals surface area contributed by atoms with Gasteiger partial charge in [0.05, 0.1) is 16.3 Å². The van der Waals surface area contributed by atoms with Crippen LogP contribution in [0.15, 0.2) is 45.6 Å². The number of aromatic nitrogens is 3. The molecule has 3 aromatic heterocycles. The van der Waals surface area contributed by atoms with Crippen molar-refractivity contribution in [2.45, 2.75) is 38.1 Å². The number of carbonyl (C=O) groups is 1. The van der Waals surface area contributed by atoms with E-state index in [1.54, 1.807) is 22.7 Å². The average molecular weight is 425 g/mol. The van der Waals surface area contributed by atoms with Gasteiger partial charge in [0.15, 0.2) is 0 Å². The number of benzene rings is 1. The molecule has 0 bridgehead atoms. The summed E-state index contributed by atoms with van der Waals surface area (Å²) in [6.07, 6.45) is 3.95. The minimum Gasteiger partial charge on any atom is -0.339 e. The molecular weight excluding hydrogens is 404 g/mol. The molecule has 0 unspecified atom stereocenters. The van der Waals surface area contributed by atoms with Crippen molar-refractivity contribution in [1.29, 1.82) is 0 Å². The fraction of sp³-hybridized carbons (Fsp3) is 0.333. The second-order valence-electron chi connectivity index (χ2n) is 7.14. The number of para-hydroxylation sites is 1. The minimum atomic E-state index is 0.0673. The number of amides is 1. The highest BCUT2D eigenvalue weighted by molar-refractivity contribution is 7.18. The predicted molar refractivity (Wildman–Crippen MR) is 114 cm³/mol. The summed E-state index contributed by atoms with van der Waals surface area (Å²) < 4.78 is 6.51. The lowest BCUT2D eigenvalue weighted by molar-refractivity contribution is -0.135. The number of thiazole rings is 1. The number of rotatable bonds is 5. The van der Waals surface area contributed by atoms with Gasteiger partial charge in [0.1, 0.15) is 5.01 Å². The molecule has 148 valence electrons. The lowest BCUT2D eigenvalue weighted by Crippen LogP contribution is -2.38. The third-order valence-corrected chi connectivity index (χ3v) is 7.04. The van der Waals surface area contributed by atoms with Gasteiger partial charge in [0.25, 0.3) is 0 Å². The average Bonchev–Trinajstić information content (AvgIpc) is 3.52. The summed E-state index contributed by atoms with van der Waals surface area (Å²) in [5, 5.41) is 9.02. The van der Waals surface area contributed by atoms with Gasteiger partial charge in [-0.1, -0.05) is 17.3 Å². The first-order chi connectivity index (χ1) is 14.3. The molecule has 29 heavy (non-hydrogen) atoms. The Morgan fingerprint density at radius 3 is 3.00 bits per heavy atom. The van der Waals surface area contributed by atoms with Crippen LogP contribution in [0.2, 0.25) is 0 Å². The summed E-state index contributed by atoms with van der Waals surface area (Å²) in [6.45, 7) is 0.781. The van der Waals surface area contributed by atoms with Crippen molar-refractivity contribution in [2.24, 2.45) is 0 Å². The standard InChI is InChI=1S/C21H20N4O2S2/c26-19(9-8-18-23-20(24-27-18)14-10-12-28-13-14)25-11-4-3-6-16(25)21-22-15-5-1-2-7-17(15)29-21/h1-2,5,7,10,12-13,16H,3-4,6,8-9,11H2/t16-/m1/s1. The van der Waals surface area contributed by atoms with Gasteiger partial charge in [-0.25, -0.2) is 4.98 Å². The summed E-state index contributed by atoms with van der Waals surface area (Å²) in [7, 11) is 0. The van der Waals surface area contributed by atoms with E-state index in [9.17, 15) is 4.79 Å². The van der Waals surface area contributed by atoms with Crippen molar-refractivity contribution in [3.8, 4) is 11.4 Å². The number of carbonyl (C=O) groups excluding carboxylic acids is 1. The number of likely N-dealkylation sites (tertiary alicyclic amines) is 1. The van der Waals surface area contributed by atoms with Gasteiger partial charge >= 0.3 is 0 Å². The number of hydrogen-bond acceptors (Lipinski definition) is 7. The molecule has 1 amide bonds. The van der Waals surface area contributed by atoms with Crippen LogP contribution in [-0.2, 0) is 11.2 Å². The third-order valence-electron chi connectivity index (χ3n) is 5.22. The summed E-state index contributed by atoms with van der Waals surface area (Å²) >= 11 is 3.29. The highest BCUT2D eigenvalue weighted by Gasteiger charge is 2.30. The monoisotopic (exact) mass is 424 g/mol. The normalized spacial score (nSPS) is 17.1. The van der Waals surface area contributed by atoms with Gasteiger partial charge < -0.3 is 9.42 Å². The van der Waals surface area contributed by atoms with Crippen LogP contribution >= 0.6 is 22.7 Å². The fourth-order valence-corrected chi connectivity index (χ4v) is 5.49. The Bertz CT molecular complexity index is 1090. The van der Waals surface area contributed by atoms with Crippen LogP contribution in [0.5, 0.6) is 0 Å². The molecule has 1 aliphatic rings. The van der Waals surface area contributed by atoms with E-state index in [2.05, 4.69) is 16.2 Å². The summed E-state index contributed by atoms with van der Waals surface area (Å²) in [5.41, 5.74) is 1.96. The first kappa shape index (κ1) is 18.4. The highest BCUT2D eigenvalue weighted by atomic mass is 32.1. The molecule has 0 radical (unpaired) electrons. The molecule has 0 saturated carbocycles. The number of piperidine rings is 1. The van der Waals surface area contributed by atoms with Crippen LogP contribution in [0.3, 0.4) is 0 Å². The minimum absolute atomic E-state index is 0.0673. The van der Waals surface area contributed by atoms with Crippen LogP contribution in [-0.4, -0.2) is 32.5 Å². The van der Waals surface area contributed by atoms with Gasteiger partial charge in [0, 0.05) is 30.3 Å². The van der Waals surface area contributed by atoms with E-state index in [1.807, 2.05) is 39.9 Å². The first-order valence-electron chi connectivity index (χ1n) is 9.78. The van der Waals surface area contributed by atoms with Gasteiger partial charge in [-0.2, -0.15) is 16.3 Å². The molecule has 1 aromatic carbocycles. The molecule has 6 nitrogen and oxygen atoms in total. The Labute approximate surface area is 176 Å². The zero-order valence-corrected chi connectivity index (χ0v) is 17.4. The molecule has 0 aliphatic carbocycles. The zero-order chi connectivity index (χ0) is 19.6. The SMILES string of the molecule is O=C(CCc1nc(-c2ccsc2)no1)N1CCCC[C@@H]1c1nc2ccccc2s1. The fourth-order valence-electron chi connectivity index (χ4n) is 3.74. The smallest absolute Gasteiger partial charge is 0.227 e. The van der Waals surface area contributed by atoms with Crippen LogP contribution < -0.4 is 0 Å². The third kappa shape index (κ3) is 3.82. The van der Waals surface area contributed by atoms with Crippen LogP contribution in [0.1, 0.15) is 42.6 Å². The Hall–Kier alpha value is -2.58. The molecule has 0 N–H and O–H groups in total. The molecule has 0 spiro atoms.